The first-order valence-electron chi connectivity index (χ1n) is 6.17. The lowest BCUT2D eigenvalue weighted by Crippen LogP contribution is -1.95. The van der Waals surface area contributed by atoms with Crippen LogP contribution in [0, 0.1) is 0 Å². The Hall–Kier alpha value is -1.76. The first kappa shape index (κ1) is 11.7. The Balaban J connectivity index is 2.47. The zero-order chi connectivity index (χ0) is 12.3. The number of hydrogen-bond acceptors (Lipinski definition) is 1. The predicted octanol–water partition coefficient (Wildman–Crippen LogP) is 4.45. The van der Waals surface area contributed by atoms with Gasteiger partial charge in [-0.15, -0.1) is 0 Å². The predicted molar refractivity (Wildman–Crippen MR) is 75.0 cm³/mol. The molecule has 1 atom stereocenters. The van der Waals surface area contributed by atoms with Gasteiger partial charge in [0.2, 0.25) is 0 Å². The fourth-order valence-corrected chi connectivity index (χ4v) is 1.98. The van der Waals surface area contributed by atoms with E-state index in [2.05, 4.69) is 38.1 Å². The summed E-state index contributed by atoms with van der Waals surface area (Å²) in [5.41, 5.74) is 10.6. The van der Waals surface area contributed by atoms with E-state index in [0.717, 1.165) is 17.7 Å². The van der Waals surface area contributed by atoms with Crippen molar-refractivity contribution < 1.29 is 0 Å². The van der Waals surface area contributed by atoms with Crippen molar-refractivity contribution in [2.24, 2.45) is 0 Å². The Morgan fingerprint density at radius 3 is 2.41 bits per heavy atom. The maximum absolute atomic E-state index is 6.06. The molecule has 0 saturated carbocycles. The number of rotatable bonds is 3. The third-order valence-corrected chi connectivity index (χ3v) is 3.34. The van der Waals surface area contributed by atoms with Crippen molar-refractivity contribution in [1.82, 2.24) is 0 Å². The zero-order valence-electron chi connectivity index (χ0n) is 10.5. The SMILES string of the molecule is CCC(C)c1ccc(N)c(-c2ccccc2)c1. The highest BCUT2D eigenvalue weighted by Crippen LogP contribution is 2.30. The highest BCUT2D eigenvalue weighted by atomic mass is 14.6. The van der Waals surface area contributed by atoms with Crippen molar-refractivity contribution >= 4 is 5.69 Å². The summed E-state index contributed by atoms with van der Waals surface area (Å²) in [7, 11) is 0. The Labute approximate surface area is 103 Å². The minimum Gasteiger partial charge on any atom is -0.398 e. The normalized spacial score (nSPS) is 12.4. The van der Waals surface area contributed by atoms with Gasteiger partial charge in [0, 0.05) is 11.3 Å². The molecule has 88 valence electrons. The largest absolute Gasteiger partial charge is 0.398 e. The van der Waals surface area contributed by atoms with Gasteiger partial charge in [-0.2, -0.15) is 0 Å². The van der Waals surface area contributed by atoms with E-state index in [1.807, 2.05) is 24.3 Å². The highest BCUT2D eigenvalue weighted by Gasteiger charge is 2.07. The second-order valence-corrected chi connectivity index (χ2v) is 4.52. The highest BCUT2D eigenvalue weighted by molar-refractivity contribution is 5.76. The van der Waals surface area contributed by atoms with Gasteiger partial charge in [-0.25, -0.2) is 0 Å². The van der Waals surface area contributed by atoms with Crippen molar-refractivity contribution in [3.8, 4) is 11.1 Å². The van der Waals surface area contributed by atoms with E-state index in [0.29, 0.717) is 5.92 Å². The lowest BCUT2D eigenvalue weighted by molar-refractivity contribution is 0.734. The third-order valence-electron chi connectivity index (χ3n) is 3.34. The maximum atomic E-state index is 6.06. The van der Waals surface area contributed by atoms with E-state index in [1.54, 1.807) is 0 Å². The van der Waals surface area contributed by atoms with Gasteiger partial charge in [0.25, 0.3) is 0 Å². The monoisotopic (exact) mass is 225 g/mol. The van der Waals surface area contributed by atoms with Crippen LogP contribution in [0.3, 0.4) is 0 Å². The summed E-state index contributed by atoms with van der Waals surface area (Å²) in [6.07, 6.45) is 1.15. The maximum Gasteiger partial charge on any atom is 0.0393 e. The van der Waals surface area contributed by atoms with Crippen LogP contribution in [0.15, 0.2) is 48.5 Å². The van der Waals surface area contributed by atoms with Crippen LogP contribution in [0.25, 0.3) is 11.1 Å². The van der Waals surface area contributed by atoms with E-state index in [9.17, 15) is 0 Å². The quantitative estimate of drug-likeness (QED) is 0.767. The summed E-state index contributed by atoms with van der Waals surface area (Å²) < 4.78 is 0. The van der Waals surface area contributed by atoms with E-state index in [4.69, 9.17) is 5.73 Å². The smallest absolute Gasteiger partial charge is 0.0393 e. The molecule has 1 heteroatoms. The molecule has 0 fully saturated rings. The van der Waals surface area contributed by atoms with Gasteiger partial charge in [0.1, 0.15) is 0 Å². The number of nitrogens with two attached hydrogens (primary N) is 1. The molecule has 0 spiro atoms. The number of anilines is 1. The second kappa shape index (κ2) is 5.05. The van der Waals surface area contributed by atoms with Crippen LogP contribution in [0.2, 0.25) is 0 Å². The number of benzene rings is 2. The minimum absolute atomic E-state index is 0.582. The van der Waals surface area contributed by atoms with Gasteiger partial charge >= 0.3 is 0 Å². The van der Waals surface area contributed by atoms with E-state index >= 15 is 0 Å². The topological polar surface area (TPSA) is 26.0 Å². The molecule has 1 nitrogen and oxygen atoms in total. The Morgan fingerprint density at radius 1 is 1.06 bits per heavy atom. The summed E-state index contributed by atoms with van der Waals surface area (Å²) in [5, 5.41) is 0. The minimum atomic E-state index is 0.582. The van der Waals surface area contributed by atoms with Crippen LogP contribution in [0.1, 0.15) is 31.7 Å². The summed E-state index contributed by atoms with van der Waals surface area (Å²) in [4.78, 5) is 0. The van der Waals surface area contributed by atoms with Crippen molar-refractivity contribution in [3.63, 3.8) is 0 Å². The molecule has 17 heavy (non-hydrogen) atoms. The van der Waals surface area contributed by atoms with E-state index in [1.165, 1.54) is 11.1 Å². The lowest BCUT2D eigenvalue weighted by atomic mass is 9.94. The molecule has 2 aromatic rings. The van der Waals surface area contributed by atoms with Crippen LogP contribution < -0.4 is 5.73 Å². The molecule has 0 saturated heterocycles. The van der Waals surface area contributed by atoms with Crippen LogP contribution in [-0.4, -0.2) is 0 Å². The number of nitrogen functional groups attached to an aromatic ring is 1. The Kier molecular flexibility index (Phi) is 3.48. The van der Waals surface area contributed by atoms with E-state index in [-0.39, 0.29) is 0 Å². The van der Waals surface area contributed by atoms with Crippen molar-refractivity contribution in [2.75, 3.05) is 5.73 Å². The van der Waals surface area contributed by atoms with Crippen molar-refractivity contribution in [3.05, 3.63) is 54.1 Å². The van der Waals surface area contributed by atoms with Gasteiger partial charge in [-0.1, -0.05) is 50.2 Å². The summed E-state index contributed by atoms with van der Waals surface area (Å²) in [6, 6.07) is 16.7. The molecule has 2 N–H and O–H groups in total. The molecule has 0 radical (unpaired) electrons. The Bertz CT molecular complexity index is 488. The van der Waals surface area contributed by atoms with Crippen molar-refractivity contribution in [1.29, 1.82) is 0 Å². The average Bonchev–Trinajstić information content (AvgIpc) is 2.39. The molecule has 2 rings (SSSR count). The van der Waals surface area contributed by atoms with Crippen molar-refractivity contribution in [2.45, 2.75) is 26.2 Å². The molecular formula is C16H19N. The van der Waals surface area contributed by atoms with Gasteiger partial charge in [0.15, 0.2) is 0 Å². The fourth-order valence-electron chi connectivity index (χ4n) is 1.98. The summed E-state index contributed by atoms with van der Waals surface area (Å²) in [5.74, 6) is 0.582. The van der Waals surface area contributed by atoms with Crippen LogP contribution in [0.4, 0.5) is 5.69 Å². The standard InChI is InChI=1S/C16H19N/c1-3-12(2)14-9-10-16(17)15(11-14)13-7-5-4-6-8-13/h4-12H,3,17H2,1-2H3. The molecule has 0 heterocycles. The lowest BCUT2D eigenvalue weighted by Gasteiger charge is -2.13. The first-order chi connectivity index (χ1) is 8.22. The molecule has 0 bridgehead atoms. The van der Waals surface area contributed by atoms with Crippen LogP contribution in [0.5, 0.6) is 0 Å². The van der Waals surface area contributed by atoms with Gasteiger partial charge in [-0.05, 0) is 35.6 Å². The molecular weight excluding hydrogens is 206 g/mol. The molecule has 0 aliphatic rings. The van der Waals surface area contributed by atoms with Crippen LogP contribution >= 0.6 is 0 Å². The first-order valence-corrected chi connectivity index (χ1v) is 6.17. The Morgan fingerprint density at radius 2 is 1.76 bits per heavy atom. The summed E-state index contributed by atoms with van der Waals surface area (Å²) in [6.45, 7) is 4.46. The molecule has 1 unspecified atom stereocenters. The zero-order valence-corrected chi connectivity index (χ0v) is 10.5. The fraction of sp³-hybridized carbons (Fsp3) is 0.250. The molecule has 0 aromatic heterocycles. The van der Waals surface area contributed by atoms with Crippen LogP contribution in [-0.2, 0) is 0 Å². The second-order valence-electron chi connectivity index (χ2n) is 4.52. The number of hydrogen-bond donors (Lipinski definition) is 1. The van der Waals surface area contributed by atoms with Gasteiger partial charge in [-0.3, -0.25) is 0 Å². The molecule has 0 amide bonds. The van der Waals surface area contributed by atoms with Gasteiger partial charge in [0.05, 0.1) is 0 Å². The third kappa shape index (κ3) is 2.50. The molecule has 0 aliphatic heterocycles. The molecule has 2 aromatic carbocycles. The molecule has 0 aliphatic carbocycles. The van der Waals surface area contributed by atoms with E-state index < -0.39 is 0 Å². The summed E-state index contributed by atoms with van der Waals surface area (Å²) >= 11 is 0. The average molecular weight is 225 g/mol. The van der Waals surface area contributed by atoms with Gasteiger partial charge < -0.3 is 5.73 Å².